The maximum atomic E-state index is 6.07. The van der Waals surface area contributed by atoms with Crippen molar-refractivity contribution in [1.82, 2.24) is 4.90 Å². The molecule has 1 heterocycles. The number of anilines is 1. The Morgan fingerprint density at radius 3 is 2.33 bits per heavy atom. The highest BCUT2D eigenvalue weighted by atomic mass is 127. The van der Waals surface area contributed by atoms with E-state index < -0.39 is 0 Å². The fraction of sp³-hybridized carbons (Fsp3) is 0.533. The van der Waals surface area contributed by atoms with E-state index in [2.05, 4.69) is 26.9 Å². The topological polar surface area (TPSA) is 44.9 Å². The minimum atomic E-state index is 0. The molecule has 0 unspecified atom stereocenters. The van der Waals surface area contributed by atoms with Gasteiger partial charge in [-0.2, -0.15) is 0 Å². The maximum absolute atomic E-state index is 6.07. The first kappa shape index (κ1) is 16.7. The molecule has 1 saturated carbocycles. The first-order chi connectivity index (χ1) is 9.72. The van der Waals surface area contributed by atoms with E-state index in [0.29, 0.717) is 5.96 Å². The average Bonchev–Trinajstić information content (AvgIpc) is 3.30. The quantitative estimate of drug-likeness (QED) is 0.465. The molecule has 6 heteroatoms. The van der Waals surface area contributed by atoms with Crippen LogP contribution in [0.1, 0.15) is 12.8 Å². The number of benzene rings is 1. The second kappa shape index (κ2) is 7.54. The van der Waals surface area contributed by atoms with Gasteiger partial charge in [0.2, 0.25) is 0 Å². The molecule has 0 bridgehead atoms. The molecule has 116 valence electrons. The van der Waals surface area contributed by atoms with Crippen molar-refractivity contribution in [3.63, 3.8) is 0 Å². The van der Waals surface area contributed by atoms with Crippen molar-refractivity contribution in [1.29, 1.82) is 0 Å². The van der Waals surface area contributed by atoms with Crippen molar-refractivity contribution in [2.75, 3.05) is 37.6 Å². The summed E-state index contributed by atoms with van der Waals surface area (Å²) in [5, 5.41) is 0.781. The lowest BCUT2D eigenvalue weighted by Gasteiger charge is -2.36. The first-order valence-electron chi connectivity index (χ1n) is 7.28. The molecule has 2 N–H and O–H groups in total. The van der Waals surface area contributed by atoms with Gasteiger partial charge in [-0.05, 0) is 43.0 Å². The summed E-state index contributed by atoms with van der Waals surface area (Å²) in [6, 6.07) is 8.02. The summed E-state index contributed by atoms with van der Waals surface area (Å²) in [4.78, 5) is 9.05. The van der Waals surface area contributed by atoms with Gasteiger partial charge in [-0.25, -0.2) is 0 Å². The SMILES string of the molecule is I.NC(=NCC1CC1)N1CCN(c2ccc(Cl)cc2)CC1. The molecule has 1 aromatic carbocycles. The molecule has 0 amide bonds. The number of aliphatic imine (C=N–C) groups is 1. The summed E-state index contributed by atoms with van der Waals surface area (Å²) in [6.07, 6.45) is 2.64. The van der Waals surface area contributed by atoms with Crippen molar-refractivity contribution in [3.8, 4) is 0 Å². The van der Waals surface area contributed by atoms with E-state index in [1.807, 2.05) is 12.1 Å². The molecule has 1 aliphatic heterocycles. The highest BCUT2D eigenvalue weighted by Crippen LogP contribution is 2.28. The van der Waals surface area contributed by atoms with Crippen LogP contribution in [0.2, 0.25) is 5.02 Å². The van der Waals surface area contributed by atoms with Crippen LogP contribution in [-0.2, 0) is 0 Å². The van der Waals surface area contributed by atoms with E-state index in [1.165, 1.54) is 18.5 Å². The lowest BCUT2D eigenvalue weighted by Crippen LogP contribution is -2.51. The van der Waals surface area contributed by atoms with Gasteiger partial charge >= 0.3 is 0 Å². The van der Waals surface area contributed by atoms with Gasteiger partial charge in [-0.1, -0.05) is 11.6 Å². The monoisotopic (exact) mass is 420 g/mol. The molecule has 0 atom stereocenters. The van der Waals surface area contributed by atoms with Gasteiger partial charge in [-0.15, -0.1) is 24.0 Å². The third kappa shape index (κ3) is 4.64. The van der Waals surface area contributed by atoms with Crippen LogP contribution >= 0.6 is 35.6 Å². The Balaban J connectivity index is 0.00000161. The molecule has 21 heavy (non-hydrogen) atoms. The number of guanidine groups is 1. The summed E-state index contributed by atoms with van der Waals surface area (Å²) in [6.45, 7) is 4.72. The molecular weight excluding hydrogens is 399 g/mol. The van der Waals surface area contributed by atoms with Crippen LogP contribution in [0.5, 0.6) is 0 Å². The smallest absolute Gasteiger partial charge is 0.191 e. The fourth-order valence-corrected chi connectivity index (χ4v) is 2.59. The van der Waals surface area contributed by atoms with Gasteiger partial charge in [0.15, 0.2) is 5.96 Å². The molecule has 3 rings (SSSR count). The van der Waals surface area contributed by atoms with Crippen LogP contribution in [0.3, 0.4) is 0 Å². The van der Waals surface area contributed by atoms with Crippen LogP contribution in [0, 0.1) is 5.92 Å². The van der Waals surface area contributed by atoms with E-state index in [1.54, 1.807) is 0 Å². The predicted molar refractivity (Wildman–Crippen MR) is 99.9 cm³/mol. The zero-order valence-electron chi connectivity index (χ0n) is 12.0. The third-order valence-electron chi connectivity index (χ3n) is 4.00. The van der Waals surface area contributed by atoms with E-state index in [9.17, 15) is 0 Å². The van der Waals surface area contributed by atoms with Crippen molar-refractivity contribution >= 4 is 47.2 Å². The fourth-order valence-electron chi connectivity index (χ4n) is 2.47. The normalized spacial score (nSPS) is 19.4. The summed E-state index contributed by atoms with van der Waals surface area (Å²) in [5.41, 5.74) is 7.29. The molecule has 1 saturated heterocycles. The van der Waals surface area contributed by atoms with E-state index in [-0.39, 0.29) is 24.0 Å². The summed E-state index contributed by atoms with van der Waals surface area (Å²) in [7, 11) is 0. The van der Waals surface area contributed by atoms with Crippen molar-refractivity contribution in [3.05, 3.63) is 29.3 Å². The zero-order valence-corrected chi connectivity index (χ0v) is 15.1. The van der Waals surface area contributed by atoms with Crippen LogP contribution in [0.25, 0.3) is 0 Å². The molecule has 2 aliphatic rings. The second-order valence-corrected chi connectivity index (χ2v) is 6.03. The third-order valence-corrected chi connectivity index (χ3v) is 4.26. The number of halogens is 2. The Morgan fingerprint density at radius 2 is 1.76 bits per heavy atom. The minimum Gasteiger partial charge on any atom is -0.370 e. The lowest BCUT2D eigenvalue weighted by atomic mass is 10.2. The minimum absolute atomic E-state index is 0. The van der Waals surface area contributed by atoms with Gasteiger partial charge in [0.05, 0.1) is 0 Å². The van der Waals surface area contributed by atoms with E-state index in [0.717, 1.165) is 43.7 Å². The van der Waals surface area contributed by atoms with Gasteiger partial charge in [0.1, 0.15) is 0 Å². The first-order valence-corrected chi connectivity index (χ1v) is 7.65. The second-order valence-electron chi connectivity index (χ2n) is 5.59. The molecule has 0 radical (unpaired) electrons. The van der Waals surface area contributed by atoms with Crippen LogP contribution < -0.4 is 10.6 Å². The summed E-state index contributed by atoms with van der Waals surface area (Å²) >= 11 is 5.92. The molecular formula is C15H22ClIN4. The largest absolute Gasteiger partial charge is 0.370 e. The van der Waals surface area contributed by atoms with Gasteiger partial charge in [0.25, 0.3) is 0 Å². The Hall–Kier alpha value is -0.690. The number of nitrogens with zero attached hydrogens (tertiary/aromatic N) is 3. The predicted octanol–water partition coefficient (Wildman–Crippen LogP) is 2.80. The lowest BCUT2D eigenvalue weighted by molar-refractivity contribution is 0.380. The number of hydrogen-bond donors (Lipinski definition) is 1. The Morgan fingerprint density at radius 1 is 1.14 bits per heavy atom. The van der Waals surface area contributed by atoms with Gasteiger partial charge < -0.3 is 15.5 Å². The van der Waals surface area contributed by atoms with E-state index in [4.69, 9.17) is 17.3 Å². The summed E-state index contributed by atoms with van der Waals surface area (Å²) in [5.74, 6) is 1.51. The molecule has 0 spiro atoms. The van der Waals surface area contributed by atoms with E-state index >= 15 is 0 Å². The van der Waals surface area contributed by atoms with Gasteiger partial charge in [-0.3, -0.25) is 4.99 Å². The van der Waals surface area contributed by atoms with Gasteiger partial charge in [0, 0.05) is 43.4 Å². The number of rotatable bonds is 3. The standard InChI is InChI=1S/C15H21ClN4.HI/c16-13-3-5-14(6-4-13)19-7-9-20(10-8-19)15(17)18-11-12-1-2-12;/h3-6,12H,1-2,7-11H2,(H2,17,18);1H. The van der Waals surface area contributed by atoms with Crippen LogP contribution in [-0.4, -0.2) is 43.6 Å². The summed E-state index contributed by atoms with van der Waals surface area (Å²) < 4.78 is 0. The molecule has 1 aromatic rings. The zero-order chi connectivity index (χ0) is 13.9. The molecule has 0 aromatic heterocycles. The van der Waals surface area contributed by atoms with Crippen LogP contribution in [0.4, 0.5) is 5.69 Å². The highest BCUT2D eigenvalue weighted by molar-refractivity contribution is 14.0. The molecule has 1 aliphatic carbocycles. The Labute approximate surface area is 148 Å². The molecule has 4 nitrogen and oxygen atoms in total. The Kier molecular flexibility index (Phi) is 5.98. The number of piperazine rings is 1. The Bertz CT molecular complexity index is 479. The number of hydrogen-bond acceptors (Lipinski definition) is 2. The maximum Gasteiger partial charge on any atom is 0.191 e. The highest BCUT2D eigenvalue weighted by Gasteiger charge is 2.22. The van der Waals surface area contributed by atoms with Crippen molar-refractivity contribution in [2.45, 2.75) is 12.8 Å². The average molecular weight is 421 g/mol. The van der Waals surface area contributed by atoms with Crippen molar-refractivity contribution in [2.24, 2.45) is 16.6 Å². The molecule has 2 fully saturated rings. The van der Waals surface area contributed by atoms with Crippen LogP contribution in [0.15, 0.2) is 29.3 Å². The number of nitrogens with two attached hydrogens (primary N) is 1. The van der Waals surface area contributed by atoms with Crippen molar-refractivity contribution < 1.29 is 0 Å².